The van der Waals surface area contributed by atoms with E-state index in [1.165, 1.54) is 0 Å². The molecule has 1 fully saturated rings. The van der Waals surface area contributed by atoms with E-state index in [0.717, 1.165) is 25.9 Å². The third-order valence-corrected chi connectivity index (χ3v) is 2.74. The zero-order valence-electron chi connectivity index (χ0n) is 8.37. The van der Waals surface area contributed by atoms with Gasteiger partial charge < -0.3 is 15.2 Å². The quantitative estimate of drug-likeness (QED) is 0.814. The zero-order valence-corrected chi connectivity index (χ0v) is 9.13. The lowest BCUT2D eigenvalue weighted by Gasteiger charge is -2.24. The monoisotopic (exact) mass is 227 g/mol. The summed E-state index contributed by atoms with van der Waals surface area (Å²) in [5, 5.41) is 13.4. The predicted molar refractivity (Wildman–Crippen MR) is 59.6 cm³/mol. The molecule has 0 radical (unpaired) electrons. The van der Waals surface area contributed by atoms with Gasteiger partial charge in [-0.2, -0.15) is 0 Å². The van der Waals surface area contributed by atoms with Gasteiger partial charge in [0, 0.05) is 11.1 Å². The topological polar surface area (TPSA) is 41.5 Å². The summed E-state index contributed by atoms with van der Waals surface area (Å²) in [4.78, 5) is 0. The first-order valence-electron chi connectivity index (χ1n) is 5.11. The maximum Gasteiger partial charge on any atom is 0.162 e. The van der Waals surface area contributed by atoms with Crippen LogP contribution in [0.15, 0.2) is 18.2 Å². The summed E-state index contributed by atoms with van der Waals surface area (Å²) in [6.07, 6.45) is 2.10. The van der Waals surface area contributed by atoms with Crippen LogP contribution in [-0.4, -0.2) is 24.3 Å². The van der Waals surface area contributed by atoms with Crippen molar-refractivity contribution >= 4 is 11.6 Å². The average Bonchev–Trinajstić information content (AvgIpc) is 2.25. The predicted octanol–water partition coefficient (Wildman–Crippen LogP) is 2.18. The van der Waals surface area contributed by atoms with E-state index in [4.69, 9.17) is 16.3 Å². The lowest BCUT2D eigenvalue weighted by Crippen LogP contribution is -2.34. The first kappa shape index (κ1) is 10.6. The van der Waals surface area contributed by atoms with Gasteiger partial charge in [0.2, 0.25) is 0 Å². The van der Waals surface area contributed by atoms with Crippen molar-refractivity contribution in [1.82, 2.24) is 5.32 Å². The molecule has 2 N–H and O–H groups in total. The molecule has 82 valence electrons. The molecule has 1 heterocycles. The molecule has 0 spiro atoms. The van der Waals surface area contributed by atoms with Crippen LogP contribution in [0.5, 0.6) is 11.5 Å². The van der Waals surface area contributed by atoms with Crippen LogP contribution in [-0.2, 0) is 0 Å². The molecule has 1 aromatic carbocycles. The first-order valence-corrected chi connectivity index (χ1v) is 5.49. The van der Waals surface area contributed by atoms with Gasteiger partial charge in [0.1, 0.15) is 6.10 Å². The highest BCUT2D eigenvalue weighted by Gasteiger charge is 2.16. The summed E-state index contributed by atoms with van der Waals surface area (Å²) in [5.74, 6) is 0.632. The lowest BCUT2D eigenvalue weighted by atomic mass is 10.1. The second-order valence-corrected chi connectivity index (χ2v) is 4.12. The Labute approximate surface area is 94.0 Å². The lowest BCUT2D eigenvalue weighted by molar-refractivity contribution is 0.157. The van der Waals surface area contributed by atoms with Crippen molar-refractivity contribution in [2.45, 2.75) is 18.9 Å². The maximum atomic E-state index is 9.57. The van der Waals surface area contributed by atoms with Crippen LogP contribution in [0.1, 0.15) is 12.8 Å². The van der Waals surface area contributed by atoms with Gasteiger partial charge in [0.15, 0.2) is 11.5 Å². The van der Waals surface area contributed by atoms with Crippen molar-refractivity contribution in [3.63, 3.8) is 0 Å². The number of phenolic OH excluding ortho intramolecular Hbond substituents is 1. The first-order chi connectivity index (χ1) is 7.25. The normalized spacial score (nSPS) is 17.7. The van der Waals surface area contributed by atoms with E-state index in [2.05, 4.69) is 5.32 Å². The van der Waals surface area contributed by atoms with Crippen LogP contribution in [0.4, 0.5) is 0 Å². The van der Waals surface area contributed by atoms with Crippen molar-refractivity contribution in [3.8, 4) is 11.5 Å². The van der Waals surface area contributed by atoms with E-state index < -0.39 is 0 Å². The Morgan fingerprint density at radius 2 is 2.07 bits per heavy atom. The van der Waals surface area contributed by atoms with Crippen LogP contribution >= 0.6 is 11.6 Å². The number of ether oxygens (including phenoxy) is 1. The number of hydrogen-bond acceptors (Lipinski definition) is 3. The Balaban J connectivity index is 2.05. The molecule has 0 aromatic heterocycles. The largest absolute Gasteiger partial charge is 0.504 e. The summed E-state index contributed by atoms with van der Waals surface area (Å²) in [6, 6.07) is 4.85. The Morgan fingerprint density at radius 1 is 1.33 bits per heavy atom. The van der Waals surface area contributed by atoms with E-state index in [1.807, 2.05) is 0 Å². The third kappa shape index (κ3) is 2.76. The van der Waals surface area contributed by atoms with Crippen molar-refractivity contribution < 1.29 is 9.84 Å². The number of phenols is 1. The molecule has 1 aliphatic rings. The SMILES string of the molecule is Oc1ccc(Cl)cc1OC1CCNCC1. The second kappa shape index (κ2) is 4.73. The summed E-state index contributed by atoms with van der Waals surface area (Å²) >= 11 is 5.83. The third-order valence-electron chi connectivity index (χ3n) is 2.50. The van der Waals surface area contributed by atoms with Gasteiger partial charge in [0.05, 0.1) is 0 Å². The summed E-state index contributed by atoms with van der Waals surface area (Å²) in [6.45, 7) is 1.93. The number of hydrogen-bond donors (Lipinski definition) is 2. The van der Waals surface area contributed by atoms with Crippen LogP contribution < -0.4 is 10.1 Å². The van der Waals surface area contributed by atoms with E-state index in [1.54, 1.807) is 18.2 Å². The van der Waals surface area contributed by atoms with Crippen molar-refractivity contribution in [1.29, 1.82) is 0 Å². The van der Waals surface area contributed by atoms with Crippen molar-refractivity contribution in [3.05, 3.63) is 23.2 Å². The fourth-order valence-electron chi connectivity index (χ4n) is 1.68. The van der Waals surface area contributed by atoms with Gasteiger partial charge in [0.25, 0.3) is 0 Å². The molecular formula is C11H14ClNO2. The average molecular weight is 228 g/mol. The fraction of sp³-hybridized carbons (Fsp3) is 0.455. The minimum atomic E-state index is 0.151. The molecular weight excluding hydrogens is 214 g/mol. The van der Waals surface area contributed by atoms with Gasteiger partial charge in [-0.05, 0) is 38.1 Å². The molecule has 0 unspecified atom stereocenters. The summed E-state index contributed by atoms with van der Waals surface area (Å²) < 4.78 is 5.69. The van der Waals surface area contributed by atoms with E-state index in [-0.39, 0.29) is 11.9 Å². The number of rotatable bonds is 2. The molecule has 3 nitrogen and oxygen atoms in total. The van der Waals surface area contributed by atoms with Gasteiger partial charge in [-0.15, -0.1) is 0 Å². The molecule has 1 saturated heterocycles. The molecule has 15 heavy (non-hydrogen) atoms. The Hall–Kier alpha value is -0.930. The minimum absolute atomic E-state index is 0.151. The highest BCUT2D eigenvalue weighted by Crippen LogP contribution is 2.30. The van der Waals surface area contributed by atoms with Crippen molar-refractivity contribution in [2.75, 3.05) is 13.1 Å². The highest BCUT2D eigenvalue weighted by molar-refractivity contribution is 6.30. The Morgan fingerprint density at radius 3 is 2.80 bits per heavy atom. The molecule has 0 aliphatic carbocycles. The van der Waals surface area contributed by atoms with Gasteiger partial charge >= 0.3 is 0 Å². The standard InChI is InChI=1S/C11H14ClNO2/c12-8-1-2-10(14)11(7-8)15-9-3-5-13-6-4-9/h1-2,7,9,13-14H,3-6H2. The number of benzene rings is 1. The van der Waals surface area contributed by atoms with E-state index in [9.17, 15) is 5.11 Å². The molecule has 4 heteroatoms. The molecule has 0 bridgehead atoms. The number of nitrogens with one attached hydrogen (secondary N) is 1. The van der Waals surface area contributed by atoms with Gasteiger partial charge in [-0.25, -0.2) is 0 Å². The maximum absolute atomic E-state index is 9.57. The van der Waals surface area contributed by atoms with Crippen molar-refractivity contribution in [2.24, 2.45) is 0 Å². The summed E-state index contributed by atoms with van der Waals surface area (Å²) in [5.41, 5.74) is 0. The smallest absolute Gasteiger partial charge is 0.162 e. The molecule has 0 amide bonds. The molecule has 0 saturated carbocycles. The van der Waals surface area contributed by atoms with Crippen LogP contribution in [0.2, 0.25) is 5.02 Å². The number of piperidine rings is 1. The number of halogens is 1. The zero-order chi connectivity index (χ0) is 10.7. The van der Waals surface area contributed by atoms with Gasteiger partial charge in [-0.3, -0.25) is 0 Å². The fourth-order valence-corrected chi connectivity index (χ4v) is 1.84. The van der Waals surface area contributed by atoms with Crippen LogP contribution in [0.3, 0.4) is 0 Å². The molecule has 0 atom stereocenters. The van der Waals surface area contributed by atoms with Crippen LogP contribution in [0, 0.1) is 0 Å². The van der Waals surface area contributed by atoms with E-state index >= 15 is 0 Å². The van der Waals surface area contributed by atoms with Crippen LogP contribution in [0.25, 0.3) is 0 Å². The van der Waals surface area contributed by atoms with Gasteiger partial charge in [-0.1, -0.05) is 11.6 Å². The molecule has 1 aromatic rings. The Bertz CT molecular complexity index is 337. The summed E-state index contributed by atoms with van der Waals surface area (Å²) in [7, 11) is 0. The van der Waals surface area contributed by atoms with E-state index in [0.29, 0.717) is 10.8 Å². The molecule has 2 rings (SSSR count). The Kier molecular flexibility index (Phi) is 3.34. The molecule has 1 aliphatic heterocycles. The minimum Gasteiger partial charge on any atom is -0.504 e. The second-order valence-electron chi connectivity index (χ2n) is 3.68. The highest BCUT2D eigenvalue weighted by atomic mass is 35.5. The number of aromatic hydroxyl groups is 1.